The van der Waals surface area contributed by atoms with Gasteiger partial charge in [-0.25, -0.2) is 4.79 Å². The van der Waals surface area contributed by atoms with Crippen molar-refractivity contribution >= 4 is 17.6 Å². The van der Waals surface area contributed by atoms with Crippen LogP contribution in [0.5, 0.6) is 0 Å². The number of aromatic nitrogens is 1. The number of nitrogens with one attached hydrogen (secondary N) is 2. The number of aryl methyl sites for hydroxylation is 1. The third-order valence-corrected chi connectivity index (χ3v) is 2.32. The van der Waals surface area contributed by atoms with Crippen molar-refractivity contribution < 1.29 is 19.4 Å². The second kappa shape index (κ2) is 6.05. The van der Waals surface area contributed by atoms with Gasteiger partial charge in [0.15, 0.2) is 0 Å². The Morgan fingerprint density at radius 3 is 2.82 bits per heavy atom. The molecule has 0 spiro atoms. The second-order valence-corrected chi connectivity index (χ2v) is 3.65. The number of carboxylic acids is 1. The molecule has 1 aromatic heterocycles. The van der Waals surface area contributed by atoms with Gasteiger partial charge in [-0.2, -0.15) is 0 Å². The number of carbonyl (C=O) groups is 2. The van der Waals surface area contributed by atoms with Crippen LogP contribution < -0.4 is 5.32 Å². The van der Waals surface area contributed by atoms with E-state index in [1.54, 1.807) is 14.0 Å². The molecule has 6 heteroatoms. The summed E-state index contributed by atoms with van der Waals surface area (Å²) >= 11 is 0. The standard InChI is InChI=1S/C11H16N2O4/c1-7-10(11(15)16)8(6-12-7)13-9(14)4-3-5-17-2/h6,12H,3-5H2,1-2H3,(H,13,14)(H,15,16). The Balaban J connectivity index is 2.62. The molecule has 0 aliphatic rings. The number of aromatic carboxylic acids is 1. The van der Waals surface area contributed by atoms with Gasteiger partial charge < -0.3 is 20.1 Å². The molecule has 0 fully saturated rings. The SMILES string of the molecule is COCCCC(=O)Nc1c[nH]c(C)c1C(=O)O. The first-order valence-corrected chi connectivity index (χ1v) is 5.26. The minimum atomic E-state index is -1.06. The van der Waals surface area contributed by atoms with E-state index in [0.717, 1.165) is 0 Å². The zero-order chi connectivity index (χ0) is 12.8. The van der Waals surface area contributed by atoms with Crippen LogP contribution in [0.3, 0.4) is 0 Å². The lowest BCUT2D eigenvalue weighted by atomic mass is 10.2. The number of ether oxygens (including phenoxy) is 1. The van der Waals surface area contributed by atoms with E-state index in [-0.39, 0.29) is 11.5 Å². The predicted molar refractivity (Wildman–Crippen MR) is 62.2 cm³/mol. The van der Waals surface area contributed by atoms with Gasteiger partial charge in [-0.1, -0.05) is 0 Å². The van der Waals surface area contributed by atoms with Gasteiger partial charge in [0, 0.05) is 32.0 Å². The lowest BCUT2D eigenvalue weighted by Crippen LogP contribution is -2.14. The van der Waals surface area contributed by atoms with Crippen LogP contribution in [-0.2, 0) is 9.53 Å². The van der Waals surface area contributed by atoms with Crippen molar-refractivity contribution in [2.24, 2.45) is 0 Å². The van der Waals surface area contributed by atoms with Crippen LogP contribution in [0.2, 0.25) is 0 Å². The van der Waals surface area contributed by atoms with E-state index in [1.807, 2.05) is 0 Å². The van der Waals surface area contributed by atoms with E-state index in [4.69, 9.17) is 9.84 Å². The summed E-state index contributed by atoms with van der Waals surface area (Å²) in [5.74, 6) is -1.28. The van der Waals surface area contributed by atoms with Gasteiger partial charge in [-0.05, 0) is 13.3 Å². The highest BCUT2D eigenvalue weighted by atomic mass is 16.5. The summed E-state index contributed by atoms with van der Waals surface area (Å²) < 4.78 is 4.83. The van der Waals surface area contributed by atoms with Crippen LogP contribution in [0, 0.1) is 6.92 Å². The fraction of sp³-hybridized carbons (Fsp3) is 0.455. The highest BCUT2D eigenvalue weighted by molar-refractivity contribution is 6.01. The molecule has 0 saturated carbocycles. The summed E-state index contributed by atoms with van der Waals surface area (Å²) in [5.41, 5.74) is 0.923. The molecule has 0 bridgehead atoms. The molecular formula is C11H16N2O4. The minimum Gasteiger partial charge on any atom is -0.478 e. The van der Waals surface area contributed by atoms with Crippen molar-refractivity contribution in [3.8, 4) is 0 Å². The van der Waals surface area contributed by atoms with E-state index in [0.29, 0.717) is 30.8 Å². The van der Waals surface area contributed by atoms with E-state index < -0.39 is 5.97 Å². The summed E-state index contributed by atoms with van der Waals surface area (Å²) in [4.78, 5) is 25.2. The zero-order valence-electron chi connectivity index (χ0n) is 9.87. The highest BCUT2D eigenvalue weighted by Crippen LogP contribution is 2.19. The first-order chi connectivity index (χ1) is 8.06. The Morgan fingerprint density at radius 1 is 1.53 bits per heavy atom. The first kappa shape index (κ1) is 13.2. The zero-order valence-corrected chi connectivity index (χ0v) is 9.87. The maximum atomic E-state index is 11.5. The fourth-order valence-corrected chi connectivity index (χ4v) is 1.49. The van der Waals surface area contributed by atoms with Crippen LogP contribution in [0.4, 0.5) is 5.69 Å². The third-order valence-electron chi connectivity index (χ3n) is 2.32. The molecule has 3 N–H and O–H groups in total. The monoisotopic (exact) mass is 240 g/mol. The molecule has 1 rings (SSSR count). The first-order valence-electron chi connectivity index (χ1n) is 5.26. The Kier molecular flexibility index (Phi) is 4.71. The van der Waals surface area contributed by atoms with E-state index >= 15 is 0 Å². The number of carbonyl (C=O) groups excluding carboxylic acids is 1. The van der Waals surface area contributed by atoms with Crippen LogP contribution in [-0.4, -0.2) is 35.7 Å². The summed E-state index contributed by atoms with van der Waals surface area (Å²) in [6, 6.07) is 0. The molecule has 0 aromatic carbocycles. The molecule has 94 valence electrons. The smallest absolute Gasteiger partial charge is 0.339 e. The summed E-state index contributed by atoms with van der Waals surface area (Å²) in [5, 5.41) is 11.5. The molecule has 1 heterocycles. The highest BCUT2D eigenvalue weighted by Gasteiger charge is 2.16. The third kappa shape index (κ3) is 3.60. The average Bonchev–Trinajstić information content (AvgIpc) is 2.60. The lowest BCUT2D eigenvalue weighted by Gasteiger charge is -2.04. The largest absolute Gasteiger partial charge is 0.478 e. The Labute approximate surface area is 99.0 Å². The van der Waals surface area contributed by atoms with Crippen LogP contribution in [0.15, 0.2) is 6.20 Å². The second-order valence-electron chi connectivity index (χ2n) is 3.65. The number of rotatable bonds is 6. The summed E-state index contributed by atoms with van der Waals surface area (Å²) in [6.07, 6.45) is 2.39. The number of methoxy groups -OCH3 is 1. The Hall–Kier alpha value is -1.82. The molecular weight excluding hydrogens is 224 g/mol. The van der Waals surface area contributed by atoms with Crippen LogP contribution in [0.1, 0.15) is 28.9 Å². The van der Waals surface area contributed by atoms with Crippen molar-refractivity contribution in [2.75, 3.05) is 19.0 Å². The number of hydrogen-bond acceptors (Lipinski definition) is 3. The quantitative estimate of drug-likeness (QED) is 0.655. The topological polar surface area (TPSA) is 91.4 Å². The summed E-state index contributed by atoms with van der Waals surface area (Å²) in [7, 11) is 1.57. The summed E-state index contributed by atoms with van der Waals surface area (Å²) in [6.45, 7) is 2.15. The molecule has 0 unspecified atom stereocenters. The van der Waals surface area contributed by atoms with Crippen molar-refractivity contribution in [3.05, 3.63) is 17.5 Å². The molecule has 0 saturated heterocycles. The normalized spacial score (nSPS) is 10.2. The average molecular weight is 240 g/mol. The van der Waals surface area contributed by atoms with E-state index in [9.17, 15) is 9.59 Å². The number of aromatic amines is 1. The lowest BCUT2D eigenvalue weighted by molar-refractivity contribution is -0.116. The van der Waals surface area contributed by atoms with Crippen molar-refractivity contribution in [1.29, 1.82) is 0 Å². The van der Waals surface area contributed by atoms with Gasteiger partial charge >= 0.3 is 5.97 Å². The van der Waals surface area contributed by atoms with Gasteiger partial charge in [0.25, 0.3) is 0 Å². The maximum absolute atomic E-state index is 11.5. The van der Waals surface area contributed by atoms with Gasteiger partial charge in [-0.15, -0.1) is 0 Å². The predicted octanol–water partition coefficient (Wildman–Crippen LogP) is 1.39. The molecule has 6 nitrogen and oxygen atoms in total. The molecule has 0 radical (unpaired) electrons. The van der Waals surface area contributed by atoms with Gasteiger partial charge in [0.2, 0.25) is 5.91 Å². The molecule has 0 aliphatic carbocycles. The number of H-pyrrole nitrogens is 1. The van der Waals surface area contributed by atoms with Gasteiger partial charge in [-0.3, -0.25) is 4.79 Å². The molecule has 1 aromatic rings. The van der Waals surface area contributed by atoms with Crippen molar-refractivity contribution in [3.63, 3.8) is 0 Å². The Morgan fingerprint density at radius 2 is 2.24 bits per heavy atom. The number of amides is 1. The number of carboxylic acid groups (broad SMARTS) is 1. The van der Waals surface area contributed by atoms with E-state index in [1.165, 1.54) is 6.20 Å². The van der Waals surface area contributed by atoms with E-state index in [2.05, 4.69) is 10.3 Å². The van der Waals surface area contributed by atoms with Crippen LogP contribution in [0.25, 0.3) is 0 Å². The molecule has 17 heavy (non-hydrogen) atoms. The fourth-order valence-electron chi connectivity index (χ4n) is 1.49. The van der Waals surface area contributed by atoms with Gasteiger partial charge in [0.05, 0.1) is 5.69 Å². The Bertz CT molecular complexity index is 412. The van der Waals surface area contributed by atoms with Crippen LogP contribution >= 0.6 is 0 Å². The number of anilines is 1. The molecule has 1 amide bonds. The maximum Gasteiger partial charge on any atom is 0.339 e. The minimum absolute atomic E-state index is 0.102. The molecule has 0 atom stereocenters. The number of hydrogen-bond donors (Lipinski definition) is 3. The van der Waals surface area contributed by atoms with Gasteiger partial charge in [0.1, 0.15) is 5.56 Å². The molecule has 0 aliphatic heterocycles. The van der Waals surface area contributed by atoms with Crippen molar-refractivity contribution in [1.82, 2.24) is 4.98 Å². The van der Waals surface area contributed by atoms with Crippen molar-refractivity contribution in [2.45, 2.75) is 19.8 Å².